The fourth-order valence-corrected chi connectivity index (χ4v) is 6.16. The first-order chi connectivity index (χ1) is 15.6. The van der Waals surface area contributed by atoms with Crippen molar-refractivity contribution in [2.45, 2.75) is 41.2 Å². The Hall–Kier alpha value is -2.64. The van der Waals surface area contributed by atoms with Gasteiger partial charge in [0, 0.05) is 13.2 Å². The van der Waals surface area contributed by atoms with Crippen molar-refractivity contribution >= 4 is 37.5 Å². The van der Waals surface area contributed by atoms with E-state index in [1.807, 2.05) is 0 Å². The van der Waals surface area contributed by atoms with Gasteiger partial charge in [0.2, 0.25) is 26.0 Å². The highest BCUT2D eigenvalue weighted by molar-refractivity contribution is 7.89. The Morgan fingerprint density at radius 3 is 2.21 bits per heavy atom. The number of nitrogens with two attached hydrogens (primary N) is 1. The third-order valence-electron chi connectivity index (χ3n) is 5.65. The molecule has 2 heterocycles. The van der Waals surface area contributed by atoms with E-state index in [0.717, 1.165) is 15.6 Å². The molecule has 2 aliphatic rings. The molecule has 4 rings (SSSR count). The van der Waals surface area contributed by atoms with Gasteiger partial charge in [0.25, 0.3) is 5.91 Å². The van der Waals surface area contributed by atoms with E-state index >= 15 is 0 Å². The zero-order chi connectivity index (χ0) is 23.8. The first kappa shape index (κ1) is 23.5. The summed E-state index contributed by atoms with van der Waals surface area (Å²) in [6.45, 7) is 0.447. The Morgan fingerprint density at radius 2 is 1.64 bits per heavy atom. The third kappa shape index (κ3) is 4.70. The first-order valence-corrected chi connectivity index (χ1v) is 13.3. The van der Waals surface area contributed by atoms with Crippen LogP contribution in [0, 0.1) is 0 Å². The molecule has 2 aromatic carbocycles. The molecule has 0 spiro atoms. The van der Waals surface area contributed by atoms with Gasteiger partial charge < -0.3 is 4.74 Å². The van der Waals surface area contributed by atoms with Crippen molar-refractivity contribution in [2.24, 2.45) is 5.14 Å². The number of hydrogen-bond acceptors (Lipinski definition) is 7. The summed E-state index contributed by atoms with van der Waals surface area (Å²) in [6.07, 6.45) is 0.710. The van der Waals surface area contributed by atoms with Crippen LogP contribution in [0.15, 0.2) is 64.4 Å². The molecule has 2 amide bonds. The molecule has 2 saturated heterocycles. The highest BCUT2D eigenvalue weighted by atomic mass is 32.2. The van der Waals surface area contributed by atoms with Gasteiger partial charge in [-0.25, -0.2) is 26.9 Å². The van der Waals surface area contributed by atoms with E-state index < -0.39 is 37.9 Å². The standard InChI is InChI=1S/C21H23N3O7S2/c22-32(27,28)17-10-8-15(9-11-17)24-20(25)13-19(21(24)26)23(14-16-5-4-12-31-16)33(29,30)18-6-2-1-3-7-18/h1-3,6-11,16,19H,4-5,12-14H2,(H2,22,27,28). The highest BCUT2D eigenvalue weighted by Gasteiger charge is 2.47. The molecule has 176 valence electrons. The average molecular weight is 494 g/mol. The molecule has 2 N–H and O–H groups in total. The monoisotopic (exact) mass is 493 g/mol. The van der Waals surface area contributed by atoms with Crippen LogP contribution in [0.25, 0.3) is 0 Å². The summed E-state index contributed by atoms with van der Waals surface area (Å²) in [5.41, 5.74) is 0.133. The van der Waals surface area contributed by atoms with E-state index in [1.54, 1.807) is 18.2 Å². The Bertz CT molecular complexity index is 1260. The number of nitrogens with zero attached hydrogens (tertiary/aromatic N) is 2. The maximum atomic E-state index is 13.5. The molecule has 33 heavy (non-hydrogen) atoms. The highest BCUT2D eigenvalue weighted by Crippen LogP contribution is 2.31. The minimum absolute atomic E-state index is 0.0131. The van der Waals surface area contributed by atoms with Gasteiger partial charge in [-0.05, 0) is 49.2 Å². The number of ether oxygens (including phenoxy) is 1. The zero-order valence-corrected chi connectivity index (χ0v) is 19.2. The van der Waals surface area contributed by atoms with Crippen molar-refractivity contribution in [3.05, 3.63) is 54.6 Å². The lowest BCUT2D eigenvalue weighted by Gasteiger charge is -2.28. The number of hydrogen-bond donors (Lipinski definition) is 1. The summed E-state index contributed by atoms with van der Waals surface area (Å²) < 4.78 is 56.6. The summed E-state index contributed by atoms with van der Waals surface area (Å²) >= 11 is 0. The molecule has 0 aromatic heterocycles. The van der Waals surface area contributed by atoms with Crippen LogP contribution in [0.5, 0.6) is 0 Å². The number of rotatable bonds is 7. The number of benzene rings is 2. The van der Waals surface area contributed by atoms with Crippen LogP contribution in [0.1, 0.15) is 19.3 Å². The quantitative estimate of drug-likeness (QED) is 0.563. The van der Waals surface area contributed by atoms with Gasteiger partial charge in [0.05, 0.1) is 28.0 Å². The summed E-state index contributed by atoms with van der Waals surface area (Å²) in [7, 11) is -8.05. The van der Waals surface area contributed by atoms with Crippen LogP contribution in [-0.2, 0) is 34.4 Å². The van der Waals surface area contributed by atoms with Crippen LogP contribution >= 0.6 is 0 Å². The van der Waals surface area contributed by atoms with E-state index in [1.165, 1.54) is 36.4 Å². The number of anilines is 1. The first-order valence-electron chi connectivity index (χ1n) is 10.3. The number of amides is 2. The largest absolute Gasteiger partial charge is 0.377 e. The van der Waals surface area contributed by atoms with Gasteiger partial charge in [-0.3, -0.25) is 9.59 Å². The summed E-state index contributed by atoms with van der Waals surface area (Å²) in [5.74, 6) is -1.30. The van der Waals surface area contributed by atoms with Gasteiger partial charge in [-0.2, -0.15) is 4.31 Å². The number of primary sulfonamides is 1. The van der Waals surface area contributed by atoms with Gasteiger partial charge >= 0.3 is 0 Å². The second kappa shape index (κ2) is 8.95. The Kier molecular flexibility index (Phi) is 6.38. The van der Waals surface area contributed by atoms with Gasteiger partial charge in [-0.15, -0.1) is 0 Å². The predicted octanol–water partition coefficient (Wildman–Crippen LogP) is 0.836. The summed E-state index contributed by atoms with van der Waals surface area (Å²) in [4.78, 5) is 26.8. The number of imide groups is 1. The van der Waals surface area contributed by atoms with Crippen molar-refractivity contribution in [1.82, 2.24) is 4.31 Å². The number of carbonyl (C=O) groups excluding carboxylic acids is 2. The lowest BCUT2D eigenvalue weighted by atomic mass is 10.2. The average Bonchev–Trinajstić information content (AvgIpc) is 3.39. The maximum Gasteiger partial charge on any atom is 0.252 e. The molecule has 2 atom stereocenters. The van der Waals surface area contributed by atoms with Crippen LogP contribution < -0.4 is 10.0 Å². The van der Waals surface area contributed by atoms with Crippen molar-refractivity contribution in [2.75, 3.05) is 18.1 Å². The van der Waals surface area contributed by atoms with Gasteiger partial charge in [0.15, 0.2) is 0 Å². The second-order valence-corrected chi connectivity index (χ2v) is 11.3. The van der Waals surface area contributed by atoms with Gasteiger partial charge in [0.1, 0.15) is 6.04 Å². The summed E-state index contributed by atoms with van der Waals surface area (Å²) in [5, 5.41) is 5.10. The fourth-order valence-electron chi connectivity index (χ4n) is 4.01. The van der Waals surface area contributed by atoms with Crippen LogP contribution in [0.3, 0.4) is 0 Å². The minimum atomic E-state index is -4.10. The molecule has 2 unspecified atom stereocenters. The smallest absolute Gasteiger partial charge is 0.252 e. The third-order valence-corrected chi connectivity index (χ3v) is 8.47. The van der Waals surface area contributed by atoms with Crippen LogP contribution in [0.4, 0.5) is 5.69 Å². The Morgan fingerprint density at radius 1 is 0.970 bits per heavy atom. The van der Waals surface area contributed by atoms with E-state index in [2.05, 4.69) is 0 Å². The molecule has 0 saturated carbocycles. The molecular formula is C21H23N3O7S2. The fraction of sp³-hybridized carbons (Fsp3) is 0.333. The molecule has 10 nitrogen and oxygen atoms in total. The van der Waals surface area contributed by atoms with Crippen LogP contribution in [-0.4, -0.2) is 58.3 Å². The predicted molar refractivity (Wildman–Crippen MR) is 118 cm³/mol. The minimum Gasteiger partial charge on any atom is -0.377 e. The molecular weight excluding hydrogens is 470 g/mol. The Labute approximate surface area is 192 Å². The maximum absolute atomic E-state index is 13.5. The van der Waals surface area contributed by atoms with Crippen LogP contribution in [0.2, 0.25) is 0 Å². The lowest BCUT2D eigenvalue weighted by molar-refractivity contribution is -0.122. The number of sulfonamides is 2. The molecule has 0 radical (unpaired) electrons. The van der Waals surface area contributed by atoms with Crippen molar-refractivity contribution in [3.63, 3.8) is 0 Å². The Balaban J connectivity index is 1.68. The molecule has 12 heteroatoms. The van der Waals surface area contributed by atoms with Crippen molar-refractivity contribution in [1.29, 1.82) is 0 Å². The molecule has 0 aliphatic carbocycles. The number of carbonyl (C=O) groups is 2. The van der Waals surface area contributed by atoms with E-state index in [-0.39, 0.29) is 34.5 Å². The van der Waals surface area contributed by atoms with E-state index in [4.69, 9.17) is 9.88 Å². The van der Waals surface area contributed by atoms with Gasteiger partial charge in [-0.1, -0.05) is 18.2 Å². The molecule has 2 aromatic rings. The molecule has 2 fully saturated rings. The molecule has 0 bridgehead atoms. The SMILES string of the molecule is NS(=O)(=O)c1ccc(N2C(=O)CC(N(CC3CCCO3)S(=O)(=O)c3ccccc3)C2=O)cc1. The van der Waals surface area contributed by atoms with Crippen molar-refractivity contribution < 1.29 is 31.2 Å². The summed E-state index contributed by atoms with van der Waals surface area (Å²) in [6, 6.07) is 11.4. The molecule has 2 aliphatic heterocycles. The normalized spacial score (nSPS) is 21.8. The lowest BCUT2D eigenvalue weighted by Crippen LogP contribution is -2.48. The van der Waals surface area contributed by atoms with Crippen molar-refractivity contribution in [3.8, 4) is 0 Å². The zero-order valence-electron chi connectivity index (χ0n) is 17.5. The topological polar surface area (TPSA) is 144 Å². The van der Waals surface area contributed by atoms with E-state index in [0.29, 0.717) is 13.0 Å². The second-order valence-electron chi connectivity index (χ2n) is 7.85. The van der Waals surface area contributed by atoms with E-state index in [9.17, 15) is 26.4 Å².